The van der Waals surface area contributed by atoms with Crippen LogP contribution in [-0.2, 0) is 14.8 Å². The summed E-state index contributed by atoms with van der Waals surface area (Å²) in [5.74, 6) is -0.222. The summed E-state index contributed by atoms with van der Waals surface area (Å²) in [4.78, 5) is 11.9. The summed E-state index contributed by atoms with van der Waals surface area (Å²) in [6, 6.07) is 0.149. The van der Waals surface area contributed by atoms with Gasteiger partial charge in [-0.15, -0.1) is 0 Å². The van der Waals surface area contributed by atoms with E-state index in [1.54, 1.807) is 0 Å². The summed E-state index contributed by atoms with van der Waals surface area (Å²) in [6.07, 6.45) is 3.61. The minimum atomic E-state index is -3.17. The summed E-state index contributed by atoms with van der Waals surface area (Å²) in [5, 5.41) is 2.91. The van der Waals surface area contributed by atoms with Crippen LogP contribution in [0.25, 0.3) is 0 Å². The highest BCUT2D eigenvalue weighted by molar-refractivity contribution is 7.88. The predicted molar refractivity (Wildman–Crippen MR) is 67.0 cm³/mol. The Balaban J connectivity index is 2.58. The van der Waals surface area contributed by atoms with Crippen molar-refractivity contribution in [3.05, 3.63) is 0 Å². The van der Waals surface area contributed by atoms with Gasteiger partial charge in [-0.2, -0.15) is 0 Å². The molecule has 0 bridgehead atoms. The highest BCUT2D eigenvalue weighted by Crippen LogP contribution is 2.18. The van der Waals surface area contributed by atoms with E-state index < -0.39 is 10.0 Å². The standard InChI is InChI=1S/C11H22N2O3S/c1-4-9(2)12-11(14)10-6-5-7-13(8-10)17(3,15)16/h9-10H,4-8H2,1-3H3,(H,12,14)/t9-,10-/m1/s1. The fourth-order valence-electron chi connectivity index (χ4n) is 1.92. The summed E-state index contributed by atoms with van der Waals surface area (Å²) in [6.45, 7) is 4.82. The molecule has 0 unspecified atom stereocenters. The molecule has 1 fully saturated rings. The van der Waals surface area contributed by atoms with Crippen LogP contribution in [-0.4, -0.2) is 44.0 Å². The minimum absolute atomic E-state index is 0.0206. The summed E-state index contributed by atoms with van der Waals surface area (Å²) in [7, 11) is -3.17. The average Bonchev–Trinajstić information content (AvgIpc) is 2.28. The molecule has 1 heterocycles. The Morgan fingerprint density at radius 1 is 1.53 bits per heavy atom. The number of piperidine rings is 1. The van der Waals surface area contributed by atoms with Crippen LogP contribution < -0.4 is 5.32 Å². The van der Waals surface area contributed by atoms with Gasteiger partial charge in [-0.1, -0.05) is 6.92 Å². The molecular formula is C11H22N2O3S. The van der Waals surface area contributed by atoms with E-state index in [0.29, 0.717) is 13.1 Å². The largest absolute Gasteiger partial charge is 0.353 e. The van der Waals surface area contributed by atoms with Crippen LogP contribution in [0.2, 0.25) is 0 Å². The van der Waals surface area contributed by atoms with E-state index >= 15 is 0 Å². The van der Waals surface area contributed by atoms with Crippen molar-refractivity contribution in [2.45, 2.75) is 39.2 Å². The SMILES string of the molecule is CC[C@@H](C)NC(=O)[C@@H]1CCCN(S(C)(=O)=O)C1. The van der Waals surface area contributed by atoms with Crippen LogP contribution in [0, 0.1) is 5.92 Å². The van der Waals surface area contributed by atoms with E-state index in [0.717, 1.165) is 19.3 Å². The highest BCUT2D eigenvalue weighted by Gasteiger charge is 2.30. The van der Waals surface area contributed by atoms with Crippen molar-refractivity contribution in [2.75, 3.05) is 19.3 Å². The Labute approximate surface area is 104 Å². The lowest BCUT2D eigenvalue weighted by Gasteiger charge is -2.30. The van der Waals surface area contributed by atoms with Crippen molar-refractivity contribution in [3.63, 3.8) is 0 Å². The van der Waals surface area contributed by atoms with Gasteiger partial charge in [0.25, 0.3) is 0 Å². The van der Waals surface area contributed by atoms with E-state index in [2.05, 4.69) is 5.32 Å². The normalized spacial score (nSPS) is 24.3. The summed E-state index contributed by atoms with van der Waals surface area (Å²) in [5.41, 5.74) is 0. The quantitative estimate of drug-likeness (QED) is 0.805. The first-order valence-electron chi connectivity index (χ1n) is 6.10. The van der Waals surface area contributed by atoms with Crippen LogP contribution in [0.4, 0.5) is 0 Å². The minimum Gasteiger partial charge on any atom is -0.353 e. The predicted octanol–water partition coefficient (Wildman–Crippen LogP) is 0.573. The molecule has 0 saturated carbocycles. The highest BCUT2D eigenvalue weighted by atomic mass is 32.2. The maximum absolute atomic E-state index is 11.9. The number of carbonyl (C=O) groups is 1. The first-order chi connectivity index (χ1) is 7.84. The Bertz CT molecular complexity index is 367. The fourth-order valence-corrected chi connectivity index (χ4v) is 2.83. The van der Waals surface area contributed by atoms with E-state index in [1.807, 2.05) is 13.8 Å². The van der Waals surface area contributed by atoms with Crippen LogP contribution in [0.3, 0.4) is 0 Å². The van der Waals surface area contributed by atoms with E-state index in [1.165, 1.54) is 10.6 Å². The third kappa shape index (κ3) is 4.27. The lowest BCUT2D eigenvalue weighted by atomic mass is 9.98. The van der Waals surface area contributed by atoms with Gasteiger partial charge in [0.05, 0.1) is 12.2 Å². The third-order valence-electron chi connectivity index (χ3n) is 3.22. The van der Waals surface area contributed by atoms with Crippen molar-refractivity contribution < 1.29 is 13.2 Å². The molecule has 0 aromatic heterocycles. The van der Waals surface area contributed by atoms with Gasteiger partial charge >= 0.3 is 0 Å². The van der Waals surface area contributed by atoms with Crippen molar-refractivity contribution in [2.24, 2.45) is 5.92 Å². The number of carbonyl (C=O) groups excluding carboxylic acids is 1. The number of nitrogens with zero attached hydrogens (tertiary/aromatic N) is 1. The molecule has 1 rings (SSSR count). The number of hydrogen-bond donors (Lipinski definition) is 1. The van der Waals surface area contributed by atoms with Crippen molar-refractivity contribution in [1.82, 2.24) is 9.62 Å². The molecule has 6 heteroatoms. The molecule has 0 aliphatic carbocycles. The Morgan fingerprint density at radius 3 is 2.71 bits per heavy atom. The molecule has 17 heavy (non-hydrogen) atoms. The van der Waals surface area contributed by atoms with Crippen LogP contribution in [0.5, 0.6) is 0 Å². The molecule has 1 aliphatic rings. The monoisotopic (exact) mass is 262 g/mol. The topological polar surface area (TPSA) is 66.5 Å². The molecular weight excluding hydrogens is 240 g/mol. The summed E-state index contributed by atoms with van der Waals surface area (Å²) < 4.78 is 24.3. The van der Waals surface area contributed by atoms with Gasteiger partial charge in [0.1, 0.15) is 0 Å². The van der Waals surface area contributed by atoms with Crippen LogP contribution in [0.1, 0.15) is 33.1 Å². The van der Waals surface area contributed by atoms with E-state index in [4.69, 9.17) is 0 Å². The average molecular weight is 262 g/mol. The molecule has 1 amide bonds. The van der Waals surface area contributed by atoms with Gasteiger partial charge < -0.3 is 5.32 Å². The molecule has 1 N–H and O–H groups in total. The zero-order valence-corrected chi connectivity index (χ0v) is 11.6. The molecule has 0 radical (unpaired) electrons. The zero-order chi connectivity index (χ0) is 13.1. The number of sulfonamides is 1. The maximum Gasteiger partial charge on any atom is 0.224 e. The molecule has 1 saturated heterocycles. The lowest BCUT2D eigenvalue weighted by molar-refractivity contribution is -0.126. The number of nitrogens with one attached hydrogen (secondary N) is 1. The van der Waals surface area contributed by atoms with Gasteiger partial charge in [0.2, 0.25) is 15.9 Å². The second kappa shape index (κ2) is 5.82. The van der Waals surface area contributed by atoms with E-state index in [9.17, 15) is 13.2 Å². The second-order valence-corrected chi connectivity index (χ2v) is 6.76. The lowest BCUT2D eigenvalue weighted by Crippen LogP contribution is -2.46. The van der Waals surface area contributed by atoms with Crippen LogP contribution >= 0.6 is 0 Å². The van der Waals surface area contributed by atoms with Gasteiger partial charge in [-0.3, -0.25) is 4.79 Å². The van der Waals surface area contributed by atoms with Crippen molar-refractivity contribution in [3.8, 4) is 0 Å². The third-order valence-corrected chi connectivity index (χ3v) is 4.49. The molecule has 100 valence electrons. The first-order valence-corrected chi connectivity index (χ1v) is 7.95. The second-order valence-electron chi connectivity index (χ2n) is 4.78. The van der Waals surface area contributed by atoms with Gasteiger partial charge in [0, 0.05) is 19.1 Å². The van der Waals surface area contributed by atoms with Gasteiger partial charge in [-0.05, 0) is 26.2 Å². The van der Waals surface area contributed by atoms with Gasteiger partial charge in [-0.25, -0.2) is 12.7 Å². The van der Waals surface area contributed by atoms with Crippen molar-refractivity contribution >= 4 is 15.9 Å². The maximum atomic E-state index is 11.9. The van der Waals surface area contributed by atoms with Crippen molar-refractivity contribution in [1.29, 1.82) is 0 Å². The molecule has 0 aromatic rings. The number of hydrogen-bond acceptors (Lipinski definition) is 3. The Kier molecular flexibility index (Phi) is 4.94. The molecule has 0 aromatic carbocycles. The molecule has 5 nitrogen and oxygen atoms in total. The summed E-state index contributed by atoms with van der Waals surface area (Å²) >= 11 is 0. The van der Waals surface area contributed by atoms with E-state index in [-0.39, 0.29) is 17.9 Å². The van der Waals surface area contributed by atoms with Crippen LogP contribution in [0.15, 0.2) is 0 Å². The van der Waals surface area contributed by atoms with Gasteiger partial charge in [0.15, 0.2) is 0 Å². The molecule has 1 aliphatic heterocycles. The smallest absolute Gasteiger partial charge is 0.224 e. The fraction of sp³-hybridized carbons (Fsp3) is 0.909. The Hall–Kier alpha value is -0.620. The Morgan fingerprint density at radius 2 is 2.18 bits per heavy atom. The first kappa shape index (κ1) is 14.4. The number of rotatable bonds is 4. The number of amides is 1. The zero-order valence-electron chi connectivity index (χ0n) is 10.8. The molecule has 0 spiro atoms. The molecule has 2 atom stereocenters.